The summed E-state index contributed by atoms with van der Waals surface area (Å²) >= 11 is 1.19. The van der Waals surface area contributed by atoms with Crippen molar-refractivity contribution in [3.8, 4) is 0 Å². The van der Waals surface area contributed by atoms with E-state index in [1.807, 2.05) is 13.8 Å². The van der Waals surface area contributed by atoms with Gasteiger partial charge in [-0.3, -0.25) is 4.79 Å². The maximum absolute atomic E-state index is 12.9. The highest BCUT2D eigenvalue weighted by Crippen LogP contribution is 2.28. The average molecular weight is 335 g/mol. The number of anilines is 3. The molecule has 0 aliphatic rings. The molecule has 8 heteroatoms. The summed E-state index contributed by atoms with van der Waals surface area (Å²) in [5.41, 5.74) is 11.8. The van der Waals surface area contributed by atoms with Gasteiger partial charge in [-0.05, 0) is 30.2 Å². The molecule has 2 rings (SSSR count). The molecule has 122 valence electrons. The quantitative estimate of drug-likeness (QED) is 0.572. The Hall–Kier alpha value is -2.35. The molecule has 23 heavy (non-hydrogen) atoms. The van der Waals surface area contributed by atoms with Crippen LogP contribution in [0.3, 0.4) is 0 Å². The fourth-order valence-corrected chi connectivity index (χ4v) is 2.85. The van der Waals surface area contributed by atoms with Crippen LogP contribution in [0, 0.1) is 11.7 Å². The fraction of sp³-hybridized carbons (Fsp3) is 0.267. The molecule has 5 N–H and O–H groups in total. The van der Waals surface area contributed by atoms with E-state index >= 15 is 0 Å². The standard InChI is InChI=1S/C15H18FN5OS/c1-8(2)13(23-15-20-11(17)7-12(18)21-15)14(22)19-10-5-3-9(16)4-6-10/h3-8,13H,1-2H3,(H,19,22)(H4,17,18,20,21)/t13-/m0/s1. The highest BCUT2D eigenvalue weighted by molar-refractivity contribution is 8.00. The number of amides is 1. The monoisotopic (exact) mass is 335 g/mol. The number of rotatable bonds is 5. The summed E-state index contributed by atoms with van der Waals surface area (Å²) < 4.78 is 12.9. The van der Waals surface area contributed by atoms with E-state index in [2.05, 4.69) is 15.3 Å². The van der Waals surface area contributed by atoms with E-state index < -0.39 is 5.25 Å². The van der Waals surface area contributed by atoms with Gasteiger partial charge in [0.25, 0.3) is 0 Å². The third-order valence-electron chi connectivity index (χ3n) is 2.95. The molecule has 1 aromatic carbocycles. The van der Waals surface area contributed by atoms with E-state index in [0.29, 0.717) is 10.8 Å². The van der Waals surface area contributed by atoms with Gasteiger partial charge >= 0.3 is 0 Å². The first-order valence-electron chi connectivity index (χ1n) is 6.98. The van der Waals surface area contributed by atoms with E-state index in [-0.39, 0.29) is 29.3 Å². The number of nitrogen functional groups attached to an aromatic ring is 2. The largest absolute Gasteiger partial charge is 0.383 e. The zero-order valence-corrected chi connectivity index (χ0v) is 13.6. The van der Waals surface area contributed by atoms with Gasteiger partial charge in [0.05, 0.1) is 5.25 Å². The number of aromatic nitrogens is 2. The van der Waals surface area contributed by atoms with Gasteiger partial charge in [-0.2, -0.15) is 0 Å². The molecule has 0 aliphatic heterocycles. The summed E-state index contributed by atoms with van der Waals surface area (Å²) in [4.78, 5) is 20.6. The van der Waals surface area contributed by atoms with Crippen LogP contribution in [0.1, 0.15) is 13.8 Å². The van der Waals surface area contributed by atoms with E-state index in [0.717, 1.165) is 0 Å². The Kier molecular flexibility index (Phi) is 5.38. The molecule has 1 amide bonds. The predicted molar refractivity (Wildman–Crippen MR) is 90.4 cm³/mol. The maximum Gasteiger partial charge on any atom is 0.238 e. The Balaban J connectivity index is 2.13. The van der Waals surface area contributed by atoms with Crippen LogP contribution >= 0.6 is 11.8 Å². The fourth-order valence-electron chi connectivity index (χ4n) is 1.87. The zero-order valence-electron chi connectivity index (χ0n) is 12.8. The number of nitrogens with two attached hydrogens (primary N) is 2. The van der Waals surface area contributed by atoms with Crippen molar-refractivity contribution in [2.75, 3.05) is 16.8 Å². The van der Waals surface area contributed by atoms with Crippen molar-refractivity contribution >= 4 is 35.0 Å². The molecule has 0 spiro atoms. The summed E-state index contributed by atoms with van der Waals surface area (Å²) in [6.45, 7) is 3.83. The van der Waals surface area contributed by atoms with Gasteiger partial charge in [-0.25, -0.2) is 14.4 Å². The van der Waals surface area contributed by atoms with Crippen LogP contribution in [0.5, 0.6) is 0 Å². The maximum atomic E-state index is 12.9. The number of hydrogen-bond acceptors (Lipinski definition) is 6. The lowest BCUT2D eigenvalue weighted by Gasteiger charge is -2.19. The smallest absolute Gasteiger partial charge is 0.238 e. The summed E-state index contributed by atoms with van der Waals surface area (Å²) in [7, 11) is 0. The van der Waals surface area contributed by atoms with Gasteiger partial charge in [0.15, 0.2) is 5.16 Å². The lowest BCUT2D eigenvalue weighted by atomic mass is 10.1. The van der Waals surface area contributed by atoms with Crippen molar-refractivity contribution in [1.29, 1.82) is 0 Å². The molecule has 0 saturated heterocycles. The number of thioether (sulfide) groups is 1. The normalized spacial score (nSPS) is 12.2. The van der Waals surface area contributed by atoms with Crippen LogP contribution in [0.15, 0.2) is 35.5 Å². The molecule has 0 saturated carbocycles. The molecule has 1 heterocycles. The second kappa shape index (κ2) is 7.28. The molecule has 2 aromatic rings. The molecule has 0 radical (unpaired) electrons. The number of hydrogen-bond donors (Lipinski definition) is 3. The minimum atomic E-state index is -0.443. The summed E-state index contributed by atoms with van der Waals surface area (Å²) in [6, 6.07) is 7.03. The van der Waals surface area contributed by atoms with Gasteiger partial charge in [-0.15, -0.1) is 0 Å². The number of carbonyl (C=O) groups excluding carboxylic acids is 1. The van der Waals surface area contributed by atoms with Crippen LogP contribution in [0.4, 0.5) is 21.7 Å². The Morgan fingerprint density at radius 1 is 1.17 bits per heavy atom. The number of nitrogens with one attached hydrogen (secondary N) is 1. The number of carbonyl (C=O) groups is 1. The third kappa shape index (κ3) is 4.82. The second-order valence-electron chi connectivity index (χ2n) is 5.28. The molecular formula is C15H18FN5OS. The molecule has 0 unspecified atom stereocenters. The first-order valence-corrected chi connectivity index (χ1v) is 7.86. The third-order valence-corrected chi connectivity index (χ3v) is 4.36. The Bertz CT molecular complexity index is 673. The van der Waals surface area contributed by atoms with Crippen molar-refractivity contribution in [1.82, 2.24) is 9.97 Å². The molecular weight excluding hydrogens is 317 g/mol. The van der Waals surface area contributed by atoms with Crippen molar-refractivity contribution < 1.29 is 9.18 Å². The van der Waals surface area contributed by atoms with E-state index in [1.54, 1.807) is 0 Å². The average Bonchev–Trinajstić information content (AvgIpc) is 2.45. The second-order valence-corrected chi connectivity index (χ2v) is 6.39. The van der Waals surface area contributed by atoms with Crippen LogP contribution in [-0.4, -0.2) is 21.1 Å². The predicted octanol–water partition coefficient (Wildman–Crippen LogP) is 2.54. The zero-order chi connectivity index (χ0) is 17.0. The lowest BCUT2D eigenvalue weighted by Crippen LogP contribution is -2.29. The van der Waals surface area contributed by atoms with Crippen molar-refractivity contribution in [3.63, 3.8) is 0 Å². The first-order chi connectivity index (χ1) is 10.8. The number of benzene rings is 1. The van der Waals surface area contributed by atoms with E-state index in [9.17, 15) is 9.18 Å². The Labute approximate surface area is 137 Å². The molecule has 1 atom stereocenters. The first kappa shape index (κ1) is 17.0. The highest BCUT2D eigenvalue weighted by atomic mass is 32.2. The molecule has 6 nitrogen and oxygen atoms in total. The molecule has 0 bridgehead atoms. The van der Waals surface area contributed by atoms with Gasteiger partial charge < -0.3 is 16.8 Å². The van der Waals surface area contributed by atoms with E-state index in [4.69, 9.17) is 11.5 Å². The minimum Gasteiger partial charge on any atom is -0.383 e. The van der Waals surface area contributed by atoms with Crippen LogP contribution < -0.4 is 16.8 Å². The Morgan fingerprint density at radius 2 is 1.74 bits per heavy atom. The van der Waals surface area contributed by atoms with Crippen molar-refractivity contribution in [2.24, 2.45) is 5.92 Å². The van der Waals surface area contributed by atoms with Gasteiger partial charge in [-0.1, -0.05) is 25.6 Å². The van der Waals surface area contributed by atoms with Crippen LogP contribution in [0.2, 0.25) is 0 Å². The Morgan fingerprint density at radius 3 is 2.26 bits per heavy atom. The minimum absolute atomic E-state index is 0.0201. The molecule has 0 fully saturated rings. The van der Waals surface area contributed by atoms with E-state index in [1.165, 1.54) is 42.1 Å². The molecule has 1 aromatic heterocycles. The lowest BCUT2D eigenvalue weighted by molar-refractivity contribution is -0.116. The SMILES string of the molecule is CC(C)[C@H](Sc1nc(N)cc(N)n1)C(=O)Nc1ccc(F)cc1. The van der Waals surface area contributed by atoms with Crippen molar-refractivity contribution in [2.45, 2.75) is 24.3 Å². The molecule has 0 aliphatic carbocycles. The number of nitrogens with zero attached hydrogens (tertiary/aromatic N) is 2. The summed E-state index contributed by atoms with van der Waals surface area (Å²) in [6.07, 6.45) is 0. The summed E-state index contributed by atoms with van der Waals surface area (Å²) in [5.74, 6) is -0.0581. The van der Waals surface area contributed by atoms with Gasteiger partial charge in [0, 0.05) is 11.8 Å². The summed E-state index contributed by atoms with van der Waals surface area (Å²) in [5, 5.41) is 2.66. The number of halogens is 1. The van der Waals surface area contributed by atoms with Gasteiger partial charge in [0.2, 0.25) is 5.91 Å². The van der Waals surface area contributed by atoms with Crippen LogP contribution in [-0.2, 0) is 4.79 Å². The highest BCUT2D eigenvalue weighted by Gasteiger charge is 2.25. The van der Waals surface area contributed by atoms with Crippen LogP contribution in [0.25, 0.3) is 0 Å². The van der Waals surface area contributed by atoms with Gasteiger partial charge in [0.1, 0.15) is 17.5 Å². The topological polar surface area (TPSA) is 107 Å². The van der Waals surface area contributed by atoms with Crippen molar-refractivity contribution in [3.05, 3.63) is 36.1 Å².